The third kappa shape index (κ3) is 5.12. The van der Waals surface area contributed by atoms with Crippen LogP contribution in [-0.2, 0) is 18.4 Å². The summed E-state index contributed by atoms with van der Waals surface area (Å²) in [4.78, 5) is 8.94. The molecule has 1 aliphatic heterocycles. The van der Waals surface area contributed by atoms with Gasteiger partial charge in [0, 0.05) is 18.5 Å². The fourth-order valence-corrected chi connectivity index (χ4v) is 2.54. The molecule has 0 amide bonds. The van der Waals surface area contributed by atoms with Gasteiger partial charge in [0.2, 0.25) is 12.7 Å². The molecule has 8 nitrogen and oxygen atoms in total. The Morgan fingerprint density at radius 2 is 2.00 bits per heavy atom. The molecule has 1 aliphatic rings. The van der Waals surface area contributed by atoms with E-state index in [1.807, 2.05) is 45.9 Å². The van der Waals surface area contributed by atoms with Crippen LogP contribution in [0, 0.1) is 0 Å². The maximum absolute atomic E-state index is 5.42. The topological polar surface area (TPSA) is 93.8 Å². The number of nitrogens with zero attached hydrogens (tertiary/aromatic N) is 3. The van der Waals surface area contributed by atoms with Crippen molar-refractivity contribution in [1.29, 1.82) is 0 Å². The summed E-state index contributed by atoms with van der Waals surface area (Å²) in [6.07, 6.45) is 0.845. The Morgan fingerprint density at radius 1 is 1.19 bits per heavy atom. The van der Waals surface area contributed by atoms with Crippen LogP contribution < -0.4 is 20.1 Å². The summed E-state index contributed by atoms with van der Waals surface area (Å²) in [5.74, 6) is 3.53. The minimum Gasteiger partial charge on any atom is -0.454 e. The standard InChI is InChI=1S/C19H27N5O3/c1-5-20-18(22-11-16-23-17(27-24-16)19(2,3)4)21-9-8-13-6-7-14-15(10-13)26-12-25-14/h6-7,10H,5,8-9,11-12H2,1-4H3,(H2,20,21,22). The van der Waals surface area contributed by atoms with Crippen molar-refractivity contribution in [3.63, 3.8) is 0 Å². The molecule has 0 fully saturated rings. The first-order chi connectivity index (χ1) is 13.0. The Kier molecular flexibility index (Phi) is 5.83. The van der Waals surface area contributed by atoms with Gasteiger partial charge in [0.1, 0.15) is 6.54 Å². The number of aliphatic imine (C=N–C) groups is 1. The molecule has 0 saturated carbocycles. The molecule has 2 heterocycles. The van der Waals surface area contributed by atoms with Crippen molar-refractivity contribution in [2.45, 2.75) is 46.1 Å². The zero-order valence-electron chi connectivity index (χ0n) is 16.3. The molecule has 1 aromatic heterocycles. The van der Waals surface area contributed by atoms with Gasteiger partial charge in [0.15, 0.2) is 23.3 Å². The molecular formula is C19H27N5O3. The molecule has 0 atom stereocenters. The number of benzene rings is 1. The van der Waals surface area contributed by atoms with Gasteiger partial charge in [-0.15, -0.1) is 0 Å². The predicted molar refractivity (Wildman–Crippen MR) is 102 cm³/mol. The number of hydrogen-bond acceptors (Lipinski definition) is 6. The van der Waals surface area contributed by atoms with Crippen molar-refractivity contribution in [3.8, 4) is 11.5 Å². The van der Waals surface area contributed by atoms with Gasteiger partial charge in [0.25, 0.3) is 0 Å². The lowest BCUT2D eigenvalue weighted by molar-refractivity contribution is 0.174. The molecule has 0 bridgehead atoms. The number of fused-ring (bicyclic) bond motifs is 1. The van der Waals surface area contributed by atoms with Crippen LogP contribution in [0.1, 0.15) is 45.0 Å². The number of nitrogens with one attached hydrogen (secondary N) is 2. The molecule has 0 unspecified atom stereocenters. The predicted octanol–water partition coefficient (Wildman–Crippen LogP) is 2.39. The second-order valence-corrected chi connectivity index (χ2v) is 7.33. The fraction of sp³-hybridized carbons (Fsp3) is 0.526. The summed E-state index contributed by atoms with van der Waals surface area (Å²) in [5.41, 5.74) is 1.01. The van der Waals surface area contributed by atoms with Crippen LogP contribution in [-0.4, -0.2) is 36.0 Å². The van der Waals surface area contributed by atoms with Gasteiger partial charge < -0.3 is 24.6 Å². The zero-order valence-corrected chi connectivity index (χ0v) is 16.3. The maximum Gasteiger partial charge on any atom is 0.232 e. The van der Waals surface area contributed by atoms with Crippen molar-refractivity contribution in [3.05, 3.63) is 35.5 Å². The van der Waals surface area contributed by atoms with Gasteiger partial charge in [-0.3, -0.25) is 0 Å². The van der Waals surface area contributed by atoms with E-state index in [2.05, 4.69) is 25.8 Å². The fourth-order valence-electron chi connectivity index (χ4n) is 2.54. The van der Waals surface area contributed by atoms with E-state index < -0.39 is 0 Å². The normalized spacial score (nSPS) is 13.7. The van der Waals surface area contributed by atoms with Crippen molar-refractivity contribution in [1.82, 2.24) is 20.8 Å². The first kappa shape index (κ1) is 19.0. The number of aromatic nitrogens is 2. The van der Waals surface area contributed by atoms with Crippen molar-refractivity contribution < 1.29 is 14.0 Å². The average molecular weight is 373 g/mol. The number of guanidine groups is 1. The lowest BCUT2D eigenvalue weighted by atomic mass is 9.97. The van der Waals surface area contributed by atoms with Crippen LogP contribution in [0.2, 0.25) is 0 Å². The van der Waals surface area contributed by atoms with E-state index in [0.29, 0.717) is 25.1 Å². The zero-order chi connectivity index (χ0) is 19.3. The minimum absolute atomic E-state index is 0.164. The third-order valence-electron chi connectivity index (χ3n) is 3.98. The first-order valence-electron chi connectivity index (χ1n) is 9.19. The van der Waals surface area contributed by atoms with E-state index in [0.717, 1.165) is 37.0 Å². The molecule has 0 saturated heterocycles. The van der Waals surface area contributed by atoms with Crippen molar-refractivity contribution in [2.24, 2.45) is 4.99 Å². The number of rotatable bonds is 6. The molecule has 2 N–H and O–H groups in total. The van der Waals surface area contributed by atoms with E-state index in [1.54, 1.807) is 0 Å². The minimum atomic E-state index is -0.164. The first-order valence-corrected chi connectivity index (χ1v) is 9.19. The molecule has 3 rings (SSSR count). The van der Waals surface area contributed by atoms with Crippen LogP contribution >= 0.6 is 0 Å². The molecule has 8 heteroatoms. The van der Waals surface area contributed by atoms with Gasteiger partial charge in [-0.1, -0.05) is 32.0 Å². The highest BCUT2D eigenvalue weighted by Crippen LogP contribution is 2.32. The molecule has 2 aromatic rings. The third-order valence-corrected chi connectivity index (χ3v) is 3.98. The van der Waals surface area contributed by atoms with Crippen molar-refractivity contribution in [2.75, 3.05) is 19.9 Å². The Morgan fingerprint density at radius 3 is 2.74 bits per heavy atom. The Labute approximate surface area is 159 Å². The monoisotopic (exact) mass is 373 g/mol. The summed E-state index contributed by atoms with van der Waals surface area (Å²) < 4.78 is 16.1. The van der Waals surface area contributed by atoms with Crippen LogP contribution in [0.5, 0.6) is 11.5 Å². The Balaban J connectivity index is 1.54. The van der Waals surface area contributed by atoms with Crippen LogP contribution in [0.3, 0.4) is 0 Å². The van der Waals surface area contributed by atoms with Crippen LogP contribution in [0.15, 0.2) is 27.7 Å². The molecule has 1 aromatic carbocycles. The molecule has 27 heavy (non-hydrogen) atoms. The Hall–Kier alpha value is -2.77. The van der Waals surface area contributed by atoms with Crippen LogP contribution in [0.4, 0.5) is 0 Å². The summed E-state index contributed by atoms with van der Waals surface area (Å²) in [6, 6.07) is 6.01. The SMILES string of the molecule is CCNC(=NCc1noc(C(C)(C)C)n1)NCCc1ccc2c(c1)OCO2. The second-order valence-electron chi connectivity index (χ2n) is 7.33. The van der Waals surface area contributed by atoms with Crippen molar-refractivity contribution >= 4 is 5.96 Å². The summed E-state index contributed by atoms with van der Waals surface area (Å²) >= 11 is 0. The second kappa shape index (κ2) is 8.28. The van der Waals surface area contributed by atoms with Gasteiger partial charge in [0.05, 0.1) is 0 Å². The lowest BCUT2D eigenvalue weighted by Crippen LogP contribution is -2.38. The van der Waals surface area contributed by atoms with Gasteiger partial charge in [-0.05, 0) is 31.0 Å². The highest BCUT2D eigenvalue weighted by Gasteiger charge is 2.21. The number of hydrogen-bond donors (Lipinski definition) is 2. The van der Waals surface area contributed by atoms with Gasteiger partial charge >= 0.3 is 0 Å². The average Bonchev–Trinajstić information content (AvgIpc) is 3.28. The highest BCUT2D eigenvalue weighted by atomic mass is 16.7. The molecular weight excluding hydrogens is 346 g/mol. The van der Waals surface area contributed by atoms with E-state index >= 15 is 0 Å². The molecule has 0 radical (unpaired) electrons. The Bertz CT molecular complexity index is 795. The van der Waals surface area contributed by atoms with Crippen LogP contribution in [0.25, 0.3) is 0 Å². The lowest BCUT2D eigenvalue weighted by Gasteiger charge is -2.11. The van der Waals surface area contributed by atoms with E-state index in [-0.39, 0.29) is 5.41 Å². The summed E-state index contributed by atoms with van der Waals surface area (Å²) in [7, 11) is 0. The molecule has 146 valence electrons. The largest absolute Gasteiger partial charge is 0.454 e. The quantitative estimate of drug-likeness (QED) is 0.593. The van der Waals surface area contributed by atoms with E-state index in [1.165, 1.54) is 5.56 Å². The smallest absolute Gasteiger partial charge is 0.232 e. The van der Waals surface area contributed by atoms with Gasteiger partial charge in [-0.2, -0.15) is 4.98 Å². The number of ether oxygens (including phenoxy) is 2. The maximum atomic E-state index is 5.42. The highest BCUT2D eigenvalue weighted by molar-refractivity contribution is 5.79. The molecule has 0 spiro atoms. The summed E-state index contributed by atoms with van der Waals surface area (Å²) in [5, 5.41) is 10.6. The summed E-state index contributed by atoms with van der Waals surface area (Å²) in [6.45, 7) is 10.3. The van der Waals surface area contributed by atoms with E-state index in [4.69, 9.17) is 14.0 Å². The molecule has 0 aliphatic carbocycles. The van der Waals surface area contributed by atoms with Gasteiger partial charge in [-0.25, -0.2) is 4.99 Å². The van der Waals surface area contributed by atoms with E-state index in [9.17, 15) is 0 Å².